The van der Waals surface area contributed by atoms with E-state index < -0.39 is 11.6 Å². The normalized spacial score (nSPS) is 13.5. The summed E-state index contributed by atoms with van der Waals surface area (Å²) >= 11 is 1.47. The average Bonchev–Trinajstić information content (AvgIpc) is 2.97. The lowest BCUT2D eigenvalue weighted by Crippen LogP contribution is -2.41. The highest BCUT2D eigenvalue weighted by atomic mass is 32.1. The summed E-state index contributed by atoms with van der Waals surface area (Å²) < 4.78 is 1.37. The predicted octanol–water partition coefficient (Wildman–Crippen LogP) is 1.48. The van der Waals surface area contributed by atoms with Gasteiger partial charge in [0.15, 0.2) is 0 Å². The third-order valence-electron chi connectivity index (χ3n) is 3.11. The van der Waals surface area contributed by atoms with Crippen LogP contribution in [-0.4, -0.2) is 22.2 Å². The van der Waals surface area contributed by atoms with Crippen LogP contribution in [0.2, 0.25) is 0 Å². The molecule has 112 valence electrons. The molecule has 3 N–H and O–H groups in total. The summed E-state index contributed by atoms with van der Waals surface area (Å²) in [5.41, 5.74) is -0.521. The second-order valence-corrected chi connectivity index (χ2v) is 5.71. The van der Waals surface area contributed by atoms with Crippen molar-refractivity contribution in [3.8, 4) is 0 Å². The summed E-state index contributed by atoms with van der Waals surface area (Å²) in [6.45, 7) is 1.67. The molecule has 2 rings (SSSR count). The van der Waals surface area contributed by atoms with Gasteiger partial charge in [-0.3, -0.25) is 4.79 Å². The number of aromatic nitrogens is 1. The second-order valence-electron chi connectivity index (χ2n) is 4.93. The summed E-state index contributed by atoms with van der Waals surface area (Å²) in [7, 11) is 1.60. The number of amides is 2. The Morgan fingerprint density at radius 2 is 2.24 bits per heavy atom. The van der Waals surface area contributed by atoms with Crippen LogP contribution in [0.5, 0.6) is 0 Å². The molecule has 7 heteroatoms. The summed E-state index contributed by atoms with van der Waals surface area (Å²) in [4.78, 5) is 23.6. The molecular weight excluding hydrogens is 290 g/mol. The Kier molecular flexibility index (Phi) is 4.44. The summed E-state index contributed by atoms with van der Waals surface area (Å²) in [5.74, 6) is 0. The van der Waals surface area contributed by atoms with Crippen LogP contribution in [-0.2, 0) is 12.6 Å². The average molecular weight is 307 g/mol. The number of anilines is 1. The Balaban J connectivity index is 1.97. The Morgan fingerprint density at radius 1 is 1.48 bits per heavy atom. The number of aryl methyl sites for hydroxylation is 1. The van der Waals surface area contributed by atoms with Crippen molar-refractivity contribution in [3.05, 3.63) is 51.1 Å². The van der Waals surface area contributed by atoms with Gasteiger partial charge >= 0.3 is 6.03 Å². The van der Waals surface area contributed by atoms with E-state index in [1.807, 2.05) is 10.8 Å². The van der Waals surface area contributed by atoms with Gasteiger partial charge < -0.3 is 20.3 Å². The van der Waals surface area contributed by atoms with E-state index in [0.717, 1.165) is 5.56 Å². The maximum atomic E-state index is 11.8. The van der Waals surface area contributed by atoms with Crippen LogP contribution in [0.1, 0.15) is 12.5 Å². The van der Waals surface area contributed by atoms with E-state index in [4.69, 9.17) is 0 Å². The molecule has 0 spiro atoms. The van der Waals surface area contributed by atoms with Crippen molar-refractivity contribution in [2.45, 2.75) is 12.5 Å². The molecule has 0 saturated heterocycles. The minimum atomic E-state index is -1.15. The highest BCUT2D eigenvalue weighted by molar-refractivity contribution is 7.08. The van der Waals surface area contributed by atoms with E-state index >= 15 is 0 Å². The molecule has 2 heterocycles. The number of aliphatic hydroxyl groups is 1. The summed E-state index contributed by atoms with van der Waals surface area (Å²) in [5, 5.41) is 19.0. The molecule has 6 nitrogen and oxygen atoms in total. The molecule has 0 fully saturated rings. The van der Waals surface area contributed by atoms with Gasteiger partial charge in [-0.2, -0.15) is 11.3 Å². The molecular formula is C14H17N3O3S. The maximum Gasteiger partial charge on any atom is 0.319 e. The number of hydrogen-bond donors (Lipinski definition) is 3. The molecule has 2 aromatic heterocycles. The number of carbonyl (C=O) groups excluding carboxylic acids is 1. The van der Waals surface area contributed by atoms with E-state index in [0.29, 0.717) is 0 Å². The zero-order valence-corrected chi connectivity index (χ0v) is 12.6. The quantitative estimate of drug-likeness (QED) is 0.800. The van der Waals surface area contributed by atoms with Crippen LogP contribution >= 0.6 is 11.3 Å². The van der Waals surface area contributed by atoms with Gasteiger partial charge in [-0.05, 0) is 41.4 Å². The number of hydrogen-bond acceptors (Lipinski definition) is 4. The Bertz CT molecular complexity index is 677. The van der Waals surface area contributed by atoms with Crippen LogP contribution in [0.15, 0.2) is 40.0 Å². The Labute approximate surface area is 126 Å². The number of pyridine rings is 1. The first-order chi connectivity index (χ1) is 9.90. The lowest BCUT2D eigenvalue weighted by molar-refractivity contribution is 0.0604. The molecule has 0 aliphatic rings. The van der Waals surface area contributed by atoms with E-state index in [1.54, 1.807) is 32.3 Å². The monoisotopic (exact) mass is 307 g/mol. The third kappa shape index (κ3) is 3.71. The zero-order chi connectivity index (χ0) is 15.5. The van der Waals surface area contributed by atoms with Crippen LogP contribution in [0.4, 0.5) is 10.5 Å². The maximum absolute atomic E-state index is 11.8. The fourth-order valence-corrected chi connectivity index (χ4v) is 2.57. The zero-order valence-electron chi connectivity index (χ0n) is 11.8. The van der Waals surface area contributed by atoms with Gasteiger partial charge in [-0.15, -0.1) is 0 Å². The van der Waals surface area contributed by atoms with Crippen molar-refractivity contribution >= 4 is 23.1 Å². The summed E-state index contributed by atoms with van der Waals surface area (Å²) in [6, 6.07) is 4.46. The molecule has 21 heavy (non-hydrogen) atoms. The topological polar surface area (TPSA) is 83.4 Å². The first-order valence-corrected chi connectivity index (χ1v) is 7.30. The smallest absolute Gasteiger partial charge is 0.319 e. The number of nitrogens with zero attached hydrogens (tertiary/aromatic N) is 1. The number of carbonyl (C=O) groups is 1. The summed E-state index contributed by atoms with van der Waals surface area (Å²) in [6.07, 6.45) is 1.60. The molecule has 2 aromatic rings. The number of rotatable bonds is 4. The lowest BCUT2D eigenvalue weighted by atomic mass is 9.99. The lowest BCUT2D eigenvalue weighted by Gasteiger charge is -2.22. The molecule has 0 saturated carbocycles. The number of thiophene rings is 1. The van der Waals surface area contributed by atoms with E-state index in [9.17, 15) is 14.7 Å². The van der Waals surface area contributed by atoms with Gasteiger partial charge in [0.05, 0.1) is 6.54 Å². The fourth-order valence-electron chi connectivity index (χ4n) is 1.78. The fraction of sp³-hybridized carbons (Fsp3) is 0.286. The van der Waals surface area contributed by atoms with E-state index in [2.05, 4.69) is 10.6 Å². The highest BCUT2D eigenvalue weighted by Crippen LogP contribution is 2.21. The largest absolute Gasteiger partial charge is 0.384 e. The van der Waals surface area contributed by atoms with Gasteiger partial charge in [-0.25, -0.2) is 4.79 Å². The van der Waals surface area contributed by atoms with Crippen molar-refractivity contribution in [1.29, 1.82) is 0 Å². The second kappa shape index (κ2) is 6.11. The van der Waals surface area contributed by atoms with Crippen molar-refractivity contribution in [3.63, 3.8) is 0 Å². The van der Waals surface area contributed by atoms with Gasteiger partial charge in [0.2, 0.25) is 0 Å². The molecule has 1 unspecified atom stereocenters. The van der Waals surface area contributed by atoms with Gasteiger partial charge in [-0.1, -0.05) is 0 Å². The minimum Gasteiger partial charge on any atom is -0.384 e. The van der Waals surface area contributed by atoms with Crippen molar-refractivity contribution in [2.24, 2.45) is 7.05 Å². The van der Waals surface area contributed by atoms with Gasteiger partial charge in [0.1, 0.15) is 11.3 Å². The van der Waals surface area contributed by atoms with Crippen molar-refractivity contribution in [1.82, 2.24) is 9.88 Å². The standard InChI is InChI=1S/C14H17N3O3S/c1-14(20,10-5-7-21-8-10)9-15-13(19)16-11-4-3-6-17(2)12(11)18/h3-8,20H,9H2,1-2H3,(H2,15,16,19). The van der Waals surface area contributed by atoms with Crippen molar-refractivity contribution < 1.29 is 9.90 Å². The molecule has 1 atom stereocenters. The number of urea groups is 1. The molecule has 0 aliphatic heterocycles. The molecule has 0 aliphatic carbocycles. The molecule has 0 aromatic carbocycles. The van der Waals surface area contributed by atoms with E-state index in [1.165, 1.54) is 22.0 Å². The number of nitrogens with one attached hydrogen (secondary N) is 2. The minimum absolute atomic E-state index is 0.0444. The van der Waals surface area contributed by atoms with Crippen LogP contribution in [0, 0.1) is 0 Å². The van der Waals surface area contributed by atoms with Gasteiger partial charge in [0.25, 0.3) is 5.56 Å². The molecule has 0 radical (unpaired) electrons. The van der Waals surface area contributed by atoms with Crippen LogP contribution in [0.3, 0.4) is 0 Å². The van der Waals surface area contributed by atoms with Crippen LogP contribution in [0.25, 0.3) is 0 Å². The first kappa shape index (κ1) is 15.3. The SMILES string of the molecule is Cn1cccc(NC(=O)NCC(C)(O)c2ccsc2)c1=O. The first-order valence-electron chi connectivity index (χ1n) is 6.36. The predicted molar refractivity (Wildman–Crippen MR) is 82.6 cm³/mol. The molecule has 2 amide bonds. The van der Waals surface area contributed by atoms with Crippen molar-refractivity contribution in [2.75, 3.05) is 11.9 Å². The van der Waals surface area contributed by atoms with Crippen LogP contribution < -0.4 is 16.2 Å². The molecule has 0 bridgehead atoms. The highest BCUT2D eigenvalue weighted by Gasteiger charge is 2.24. The third-order valence-corrected chi connectivity index (χ3v) is 3.79. The van der Waals surface area contributed by atoms with Gasteiger partial charge in [0, 0.05) is 13.2 Å². The van der Waals surface area contributed by atoms with E-state index in [-0.39, 0.29) is 17.8 Å². The Hall–Kier alpha value is -2.12. The Morgan fingerprint density at radius 3 is 2.90 bits per heavy atom.